The third kappa shape index (κ3) is 4.51. The number of carbonyl (C=O) groups is 1. The van der Waals surface area contributed by atoms with Gasteiger partial charge in [0.2, 0.25) is 0 Å². The summed E-state index contributed by atoms with van der Waals surface area (Å²) in [5.74, 6) is 1.06. The molecular weight excluding hydrogens is 364 g/mol. The molecule has 0 aliphatic carbocycles. The molecule has 0 aliphatic rings. The number of hydrogen-bond acceptors (Lipinski definition) is 4. The van der Waals surface area contributed by atoms with Crippen LogP contribution in [0.3, 0.4) is 0 Å². The SMILES string of the molecule is COc1ccc(Nc2ccc(NC(=O)c3ccccc3Cl)cc2)cc1OC. The van der Waals surface area contributed by atoms with Gasteiger partial charge < -0.3 is 20.1 Å². The fourth-order valence-electron chi connectivity index (χ4n) is 2.56. The molecule has 3 aromatic rings. The van der Waals surface area contributed by atoms with Gasteiger partial charge >= 0.3 is 0 Å². The molecule has 27 heavy (non-hydrogen) atoms. The Morgan fingerprint density at radius 2 is 1.44 bits per heavy atom. The van der Waals surface area contributed by atoms with E-state index >= 15 is 0 Å². The number of carbonyl (C=O) groups excluding carboxylic acids is 1. The highest BCUT2D eigenvalue weighted by Crippen LogP contribution is 2.31. The summed E-state index contributed by atoms with van der Waals surface area (Å²) in [5, 5.41) is 6.54. The highest BCUT2D eigenvalue weighted by molar-refractivity contribution is 6.34. The molecular formula is C21H19ClN2O3. The number of rotatable bonds is 6. The first-order chi connectivity index (χ1) is 13.1. The third-order valence-corrected chi connectivity index (χ3v) is 4.26. The number of nitrogens with one attached hydrogen (secondary N) is 2. The smallest absolute Gasteiger partial charge is 0.257 e. The molecule has 1 amide bonds. The molecule has 6 heteroatoms. The summed E-state index contributed by atoms with van der Waals surface area (Å²) in [6, 6.07) is 19.9. The lowest BCUT2D eigenvalue weighted by atomic mass is 10.2. The summed E-state index contributed by atoms with van der Waals surface area (Å²) in [6.07, 6.45) is 0. The standard InChI is InChI=1S/C21H19ClN2O3/c1-26-19-12-11-16(13-20(19)27-2)23-14-7-9-15(10-8-14)24-21(25)17-5-3-4-6-18(17)22/h3-13,23H,1-2H3,(H,24,25). The average Bonchev–Trinajstić information content (AvgIpc) is 2.69. The van der Waals surface area contributed by atoms with E-state index in [4.69, 9.17) is 21.1 Å². The topological polar surface area (TPSA) is 59.6 Å². The summed E-state index contributed by atoms with van der Waals surface area (Å²) in [7, 11) is 3.19. The maximum Gasteiger partial charge on any atom is 0.257 e. The fraction of sp³-hybridized carbons (Fsp3) is 0.0952. The predicted molar refractivity (Wildman–Crippen MR) is 109 cm³/mol. The Hall–Kier alpha value is -3.18. The van der Waals surface area contributed by atoms with Gasteiger partial charge in [0.05, 0.1) is 24.8 Å². The minimum atomic E-state index is -0.249. The van der Waals surface area contributed by atoms with Crippen LogP contribution in [0.15, 0.2) is 66.7 Å². The molecule has 0 heterocycles. The molecule has 0 saturated heterocycles. The molecule has 0 unspecified atom stereocenters. The second-order valence-corrected chi connectivity index (χ2v) is 6.11. The lowest BCUT2D eigenvalue weighted by Crippen LogP contribution is -2.12. The summed E-state index contributed by atoms with van der Waals surface area (Å²) < 4.78 is 10.5. The van der Waals surface area contributed by atoms with Crippen molar-refractivity contribution in [1.82, 2.24) is 0 Å². The van der Waals surface area contributed by atoms with Crippen molar-refractivity contribution in [3.8, 4) is 11.5 Å². The number of hydrogen-bond donors (Lipinski definition) is 2. The summed E-state index contributed by atoms with van der Waals surface area (Å²) in [6.45, 7) is 0. The molecule has 138 valence electrons. The van der Waals surface area contributed by atoms with E-state index in [2.05, 4.69) is 10.6 Å². The first-order valence-corrected chi connectivity index (χ1v) is 8.63. The zero-order valence-corrected chi connectivity index (χ0v) is 15.7. The van der Waals surface area contributed by atoms with Crippen LogP contribution in [0.4, 0.5) is 17.1 Å². The van der Waals surface area contributed by atoms with E-state index in [1.165, 1.54) is 0 Å². The van der Waals surface area contributed by atoms with Gasteiger partial charge in [0.1, 0.15) is 0 Å². The van der Waals surface area contributed by atoms with Gasteiger partial charge in [0.15, 0.2) is 11.5 Å². The molecule has 0 bridgehead atoms. The van der Waals surface area contributed by atoms with Crippen LogP contribution in [0.2, 0.25) is 5.02 Å². The summed E-state index contributed by atoms with van der Waals surface area (Å²) in [4.78, 5) is 12.3. The normalized spacial score (nSPS) is 10.2. The van der Waals surface area contributed by atoms with Crippen molar-refractivity contribution < 1.29 is 14.3 Å². The minimum Gasteiger partial charge on any atom is -0.493 e. The van der Waals surface area contributed by atoms with Crippen LogP contribution in [0.25, 0.3) is 0 Å². The van der Waals surface area contributed by atoms with Crippen molar-refractivity contribution in [3.63, 3.8) is 0 Å². The molecule has 0 saturated carbocycles. The third-order valence-electron chi connectivity index (χ3n) is 3.93. The molecule has 2 N–H and O–H groups in total. The maximum absolute atomic E-state index is 12.3. The van der Waals surface area contributed by atoms with E-state index < -0.39 is 0 Å². The number of anilines is 3. The van der Waals surface area contributed by atoms with Gasteiger partial charge in [-0.2, -0.15) is 0 Å². The minimum absolute atomic E-state index is 0.249. The Morgan fingerprint density at radius 1 is 0.815 bits per heavy atom. The second kappa shape index (κ2) is 8.47. The Balaban J connectivity index is 1.69. The van der Waals surface area contributed by atoms with Crippen molar-refractivity contribution in [3.05, 3.63) is 77.3 Å². The van der Waals surface area contributed by atoms with Crippen LogP contribution in [0.5, 0.6) is 11.5 Å². The Bertz CT molecular complexity index is 942. The lowest BCUT2D eigenvalue weighted by Gasteiger charge is -2.12. The summed E-state index contributed by atoms with van der Waals surface area (Å²) in [5.41, 5.74) is 2.85. The Labute approximate surface area is 162 Å². The predicted octanol–water partition coefficient (Wildman–Crippen LogP) is 5.35. The van der Waals surface area contributed by atoms with Crippen molar-refractivity contribution in [2.45, 2.75) is 0 Å². The Morgan fingerprint density at radius 3 is 2.11 bits per heavy atom. The molecule has 0 aromatic heterocycles. The number of methoxy groups -OCH3 is 2. The van der Waals surface area contributed by atoms with Gasteiger partial charge in [-0.1, -0.05) is 23.7 Å². The monoisotopic (exact) mass is 382 g/mol. The van der Waals surface area contributed by atoms with Gasteiger partial charge in [-0.25, -0.2) is 0 Å². The molecule has 0 aliphatic heterocycles. The molecule has 0 fully saturated rings. The van der Waals surface area contributed by atoms with Crippen LogP contribution in [-0.2, 0) is 0 Å². The van der Waals surface area contributed by atoms with Crippen molar-refractivity contribution in [2.75, 3.05) is 24.9 Å². The number of amides is 1. The second-order valence-electron chi connectivity index (χ2n) is 5.71. The molecule has 0 spiro atoms. The molecule has 0 atom stereocenters. The average molecular weight is 383 g/mol. The van der Waals surface area contributed by atoms with Crippen LogP contribution in [0, 0.1) is 0 Å². The van der Waals surface area contributed by atoms with Gasteiger partial charge in [-0.3, -0.25) is 4.79 Å². The number of halogens is 1. The maximum atomic E-state index is 12.3. The first kappa shape index (κ1) is 18.6. The highest BCUT2D eigenvalue weighted by Gasteiger charge is 2.10. The van der Waals surface area contributed by atoms with Gasteiger partial charge in [0.25, 0.3) is 5.91 Å². The number of ether oxygens (including phenoxy) is 2. The Kier molecular flexibility index (Phi) is 5.84. The van der Waals surface area contributed by atoms with E-state index in [1.807, 2.05) is 42.5 Å². The molecule has 5 nitrogen and oxygen atoms in total. The van der Waals surface area contributed by atoms with Gasteiger partial charge in [-0.05, 0) is 48.5 Å². The van der Waals surface area contributed by atoms with Crippen LogP contribution in [0.1, 0.15) is 10.4 Å². The number of benzene rings is 3. The largest absolute Gasteiger partial charge is 0.493 e. The van der Waals surface area contributed by atoms with Crippen molar-refractivity contribution in [2.24, 2.45) is 0 Å². The van der Waals surface area contributed by atoms with Crippen molar-refractivity contribution in [1.29, 1.82) is 0 Å². The van der Waals surface area contributed by atoms with E-state index in [-0.39, 0.29) is 5.91 Å². The molecule has 3 rings (SSSR count). The zero-order chi connectivity index (χ0) is 19.2. The van der Waals surface area contributed by atoms with Crippen LogP contribution in [-0.4, -0.2) is 20.1 Å². The van der Waals surface area contributed by atoms with E-state index in [0.29, 0.717) is 27.8 Å². The van der Waals surface area contributed by atoms with E-state index in [1.54, 1.807) is 38.5 Å². The van der Waals surface area contributed by atoms with Gasteiger partial charge in [0, 0.05) is 23.1 Å². The fourth-order valence-corrected chi connectivity index (χ4v) is 2.78. The van der Waals surface area contributed by atoms with Crippen molar-refractivity contribution >= 4 is 34.6 Å². The van der Waals surface area contributed by atoms with Crippen LogP contribution >= 0.6 is 11.6 Å². The highest BCUT2D eigenvalue weighted by atomic mass is 35.5. The summed E-state index contributed by atoms with van der Waals surface area (Å²) >= 11 is 6.06. The van der Waals surface area contributed by atoms with E-state index in [0.717, 1.165) is 11.4 Å². The van der Waals surface area contributed by atoms with Gasteiger partial charge in [-0.15, -0.1) is 0 Å². The lowest BCUT2D eigenvalue weighted by molar-refractivity contribution is 0.102. The zero-order valence-electron chi connectivity index (χ0n) is 15.0. The first-order valence-electron chi connectivity index (χ1n) is 8.25. The van der Waals surface area contributed by atoms with Crippen LogP contribution < -0.4 is 20.1 Å². The molecule has 3 aromatic carbocycles. The quantitative estimate of drug-likeness (QED) is 0.603. The van der Waals surface area contributed by atoms with E-state index in [9.17, 15) is 4.79 Å². The molecule has 0 radical (unpaired) electrons.